The first-order valence-corrected chi connectivity index (χ1v) is 9.11. The number of hydrogen-bond donors (Lipinski definition) is 1. The van der Waals surface area contributed by atoms with E-state index in [-0.39, 0.29) is 17.5 Å². The molecule has 0 bridgehead atoms. The van der Waals surface area contributed by atoms with Gasteiger partial charge in [-0.15, -0.1) is 0 Å². The molecule has 4 rings (SSSR count). The van der Waals surface area contributed by atoms with Gasteiger partial charge < -0.3 is 10.1 Å². The van der Waals surface area contributed by atoms with Crippen molar-refractivity contribution in [3.05, 3.63) is 53.6 Å². The van der Waals surface area contributed by atoms with Crippen LogP contribution in [0.2, 0.25) is 5.02 Å². The number of benzene rings is 2. The summed E-state index contributed by atoms with van der Waals surface area (Å²) >= 11 is 6.12. The number of carbonyl (C=O) groups excluding carboxylic acids is 3. The molecule has 2 aliphatic heterocycles. The molecule has 2 heterocycles. The first kappa shape index (κ1) is 18.9. The van der Waals surface area contributed by atoms with E-state index in [2.05, 4.69) is 15.7 Å². The van der Waals surface area contributed by atoms with Crippen molar-refractivity contribution in [2.75, 3.05) is 23.9 Å². The van der Waals surface area contributed by atoms with Gasteiger partial charge in [0.2, 0.25) is 5.91 Å². The number of halogens is 1. The number of rotatable bonds is 5. The van der Waals surface area contributed by atoms with Crippen LogP contribution in [0, 0.1) is 0 Å². The van der Waals surface area contributed by atoms with Gasteiger partial charge in [0.25, 0.3) is 11.8 Å². The number of nitrogens with zero attached hydrogens (tertiary/aromatic N) is 4. The van der Waals surface area contributed by atoms with Crippen LogP contribution in [0.3, 0.4) is 0 Å². The molecule has 0 saturated carbocycles. The largest absolute Gasteiger partial charge is 0.495 e. The highest BCUT2D eigenvalue weighted by molar-refractivity contribution is 6.33. The summed E-state index contributed by atoms with van der Waals surface area (Å²) < 4.78 is 5.09. The molecule has 29 heavy (non-hydrogen) atoms. The fourth-order valence-corrected chi connectivity index (χ4v) is 3.52. The summed E-state index contributed by atoms with van der Waals surface area (Å²) in [6.07, 6.45) is 0. The summed E-state index contributed by atoms with van der Waals surface area (Å²) in [5, 5.41) is 12.0. The summed E-state index contributed by atoms with van der Waals surface area (Å²) in [5.74, 6) is -0.981. The Hall–Kier alpha value is -3.46. The molecule has 3 amide bonds. The van der Waals surface area contributed by atoms with Gasteiger partial charge in [0.1, 0.15) is 12.3 Å². The van der Waals surface area contributed by atoms with E-state index in [0.29, 0.717) is 17.1 Å². The van der Waals surface area contributed by atoms with Crippen LogP contribution in [-0.2, 0) is 14.4 Å². The fourth-order valence-electron chi connectivity index (χ4n) is 3.27. The topological polar surface area (TPSA) is 104 Å². The lowest BCUT2D eigenvalue weighted by atomic mass is 10.1. The molecule has 0 spiro atoms. The predicted molar refractivity (Wildman–Crippen MR) is 105 cm³/mol. The highest BCUT2D eigenvalue weighted by Crippen LogP contribution is 2.35. The summed E-state index contributed by atoms with van der Waals surface area (Å²) in [4.78, 5) is 39.0. The number of imide groups is 1. The number of methoxy groups -OCH3 is 1. The fraction of sp³-hybridized carbons (Fsp3) is 0.211. The van der Waals surface area contributed by atoms with Crippen LogP contribution in [0.15, 0.2) is 58.9 Å². The van der Waals surface area contributed by atoms with Gasteiger partial charge >= 0.3 is 0 Å². The number of carbonyl (C=O) groups is 3. The molecule has 2 aliphatic rings. The molecule has 0 aliphatic carbocycles. The van der Waals surface area contributed by atoms with Gasteiger partial charge in [0.15, 0.2) is 12.1 Å². The van der Waals surface area contributed by atoms with Crippen LogP contribution < -0.4 is 15.0 Å². The van der Waals surface area contributed by atoms with E-state index in [1.807, 2.05) is 6.07 Å². The zero-order valence-electron chi connectivity index (χ0n) is 15.3. The SMILES string of the molecule is COc1ccc(N2C(=O)[C@@H]3[C@@H](N=NN3CC(=O)Nc3ccccc3)C2=O)cc1Cl. The van der Waals surface area contributed by atoms with Gasteiger partial charge in [-0.1, -0.05) is 35.0 Å². The van der Waals surface area contributed by atoms with Crippen molar-refractivity contribution in [1.82, 2.24) is 5.01 Å². The van der Waals surface area contributed by atoms with Crippen molar-refractivity contribution in [1.29, 1.82) is 0 Å². The Morgan fingerprint density at radius 3 is 2.62 bits per heavy atom. The minimum absolute atomic E-state index is 0.213. The molecular weight excluding hydrogens is 398 g/mol. The average molecular weight is 414 g/mol. The number of fused-ring (bicyclic) bond motifs is 1. The molecule has 148 valence electrons. The Bertz CT molecular complexity index is 1010. The minimum atomic E-state index is -0.993. The molecule has 2 atom stereocenters. The zero-order chi connectivity index (χ0) is 20.5. The third-order valence-electron chi connectivity index (χ3n) is 4.61. The lowest BCUT2D eigenvalue weighted by Gasteiger charge is -2.20. The maximum absolute atomic E-state index is 13.0. The Morgan fingerprint density at radius 1 is 1.17 bits per heavy atom. The molecule has 0 unspecified atom stereocenters. The first-order chi connectivity index (χ1) is 14.0. The van der Waals surface area contributed by atoms with Gasteiger partial charge in [-0.3, -0.25) is 19.4 Å². The van der Waals surface area contributed by atoms with Gasteiger partial charge in [0.05, 0.1) is 17.8 Å². The maximum Gasteiger partial charge on any atom is 0.263 e. The number of nitrogens with one attached hydrogen (secondary N) is 1. The summed E-state index contributed by atoms with van der Waals surface area (Å²) in [6, 6.07) is 11.5. The molecule has 0 radical (unpaired) electrons. The molecule has 1 N–H and O–H groups in total. The van der Waals surface area contributed by atoms with Gasteiger partial charge in [0, 0.05) is 5.69 Å². The zero-order valence-corrected chi connectivity index (χ0v) is 16.0. The maximum atomic E-state index is 13.0. The second kappa shape index (κ2) is 7.51. The van der Waals surface area contributed by atoms with Crippen LogP contribution in [0.25, 0.3) is 0 Å². The standard InChI is InChI=1S/C19H16ClN5O4/c1-29-14-8-7-12(9-13(14)20)25-18(27)16-17(19(25)28)24(23-22-16)10-15(26)21-11-5-3-2-4-6-11/h2-9,16-17H,10H2,1H3,(H,21,26)/t16-,17+/m1/s1. The van der Waals surface area contributed by atoms with Crippen LogP contribution in [0.4, 0.5) is 11.4 Å². The number of ether oxygens (including phenoxy) is 1. The van der Waals surface area contributed by atoms with Crippen LogP contribution in [-0.4, -0.2) is 48.5 Å². The van der Waals surface area contributed by atoms with Gasteiger partial charge in [-0.05, 0) is 30.3 Å². The average Bonchev–Trinajstić information content (AvgIpc) is 3.22. The Morgan fingerprint density at radius 2 is 1.93 bits per heavy atom. The Balaban J connectivity index is 1.51. The third-order valence-corrected chi connectivity index (χ3v) is 4.91. The molecule has 2 aromatic carbocycles. The van der Waals surface area contributed by atoms with Crippen LogP contribution >= 0.6 is 11.6 Å². The number of hydrogen-bond acceptors (Lipinski definition) is 7. The molecule has 9 nitrogen and oxygen atoms in total. The van der Waals surface area contributed by atoms with Gasteiger partial charge in [-0.25, -0.2) is 4.90 Å². The van der Waals surface area contributed by atoms with Crippen molar-refractivity contribution in [2.45, 2.75) is 12.1 Å². The van der Waals surface area contributed by atoms with Gasteiger partial charge in [-0.2, -0.15) is 5.11 Å². The van der Waals surface area contributed by atoms with Crippen molar-refractivity contribution < 1.29 is 19.1 Å². The molecule has 0 aromatic heterocycles. The second-order valence-electron chi connectivity index (χ2n) is 6.44. The molecular formula is C19H16ClN5O4. The number of para-hydroxylation sites is 1. The summed E-state index contributed by atoms with van der Waals surface area (Å²) in [6.45, 7) is -0.213. The van der Waals surface area contributed by atoms with E-state index in [1.54, 1.807) is 36.4 Å². The van der Waals surface area contributed by atoms with E-state index in [9.17, 15) is 14.4 Å². The van der Waals surface area contributed by atoms with Crippen molar-refractivity contribution >= 4 is 40.7 Å². The molecule has 10 heteroatoms. The lowest BCUT2D eigenvalue weighted by molar-refractivity contribution is -0.123. The van der Waals surface area contributed by atoms with Crippen molar-refractivity contribution in [2.24, 2.45) is 10.3 Å². The smallest absolute Gasteiger partial charge is 0.263 e. The monoisotopic (exact) mass is 413 g/mol. The highest BCUT2D eigenvalue weighted by Gasteiger charge is 2.55. The molecule has 1 saturated heterocycles. The highest BCUT2D eigenvalue weighted by atomic mass is 35.5. The van der Waals surface area contributed by atoms with Crippen molar-refractivity contribution in [3.63, 3.8) is 0 Å². The van der Waals surface area contributed by atoms with Crippen LogP contribution in [0.5, 0.6) is 5.75 Å². The Labute approximate surface area is 170 Å². The van der Waals surface area contributed by atoms with E-state index in [4.69, 9.17) is 16.3 Å². The quantitative estimate of drug-likeness (QED) is 0.757. The lowest BCUT2D eigenvalue weighted by Crippen LogP contribution is -2.43. The molecule has 1 fully saturated rings. The number of anilines is 2. The minimum Gasteiger partial charge on any atom is -0.495 e. The Kier molecular flexibility index (Phi) is 4.89. The molecule has 2 aromatic rings. The van der Waals surface area contributed by atoms with E-state index in [0.717, 1.165) is 4.90 Å². The van der Waals surface area contributed by atoms with E-state index < -0.39 is 23.9 Å². The summed E-state index contributed by atoms with van der Waals surface area (Å²) in [5.41, 5.74) is 0.928. The third kappa shape index (κ3) is 3.40. The second-order valence-corrected chi connectivity index (χ2v) is 6.84. The first-order valence-electron chi connectivity index (χ1n) is 8.73. The van der Waals surface area contributed by atoms with E-state index >= 15 is 0 Å². The van der Waals surface area contributed by atoms with E-state index in [1.165, 1.54) is 18.2 Å². The summed E-state index contributed by atoms with van der Waals surface area (Å²) in [7, 11) is 1.47. The predicted octanol–water partition coefficient (Wildman–Crippen LogP) is 2.28. The van der Waals surface area contributed by atoms with Crippen molar-refractivity contribution in [3.8, 4) is 5.75 Å². The normalized spacial score (nSPS) is 20.2. The van der Waals surface area contributed by atoms with Crippen LogP contribution in [0.1, 0.15) is 0 Å². The number of amides is 3.